The van der Waals surface area contributed by atoms with Crippen molar-refractivity contribution in [2.75, 3.05) is 27.7 Å². The van der Waals surface area contributed by atoms with E-state index in [-0.39, 0.29) is 11.9 Å². The molecule has 0 aromatic rings. The number of rotatable bonds is 4. The number of nitrogens with zero attached hydrogens (tertiary/aromatic N) is 1. The Morgan fingerprint density at radius 2 is 2.21 bits per heavy atom. The Balaban J connectivity index is 2.23. The second-order valence-electron chi connectivity index (χ2n) is 4.20. The van der Waals surface area contributed by atoms with Gasteiger partial charge in [-0.3, -0.25) is 4.79 Å². The van der Waals surface area contributed by atoms with E-state index in [1.54, 1.807) is 7.05 Å². The van der Waals surface area contributed by atoms with Crippen LogP contribution in [0.5, 0.6) is 0 Å². The monoisotopic (exact) mass is 199 g/mol. The molecule has 4 nitrogen and oxygen atoms in total. The number of carbonyl (C=O) groups excluding carboxylic acids is 1. The van der Waals surface area contributed by atoms with Crippen LogP contribution in [0.1, 0.15) is 19.3 Å². The van der Waals surface area contributed by atoms with Crippen molar-refractivity contribution in [3.8, 4) is 0 Å². The molecule has 0 radical (unpaired) electrons. The fraction of sp³-hybridized carbons (Fsp3) is 0.900. The van der Waals surface area contributed by atoms with E-state index in [0.29, 0.717) is 6.04 Å². The van der Waals surface area contributed by atoms with Crippen molar-refractivity contribution in [3.05, 3.63) is 0 Å². The van der Waals surface area contributed by atoms with Crippen LogP contribution in [0.4, 0.5) is 0 Å². The highest BCUT2D eigenvalue weighted by molar-refractivity contribution is 5.81. The summed E-state index contributed by atoms with van der Waals surface area (Å²) in [5.74, 6) is 0.123. The van der Waals surface area contributed by atoms with E-state index in [1.165, 1.54) is 0 Å². The van der Waals surface area contributed by atoms with E-state index in [4.69, 9.17) is 0 Å². The average Bonchev–Trinajstić information content (AvgIpc) is 2.62. The van der Waals surface area contributed by atoms with Gasteiger partial charge in [0.2, 0.25) is 5.91 Å². The predicted molar refractivity (Wildman–Crippen MR) is 57.2 cm³/mol. The maximum Gasteiger partial charge on any atom is 0.236 e. The van der Waals surface area contributed by atoms with Crippen molar-refractivity contribution >= 4 is 5.91 Å². The van der Waals surface area contributed by atoms with Crippen molar-refractivity contribution in [3.63, 3.8) is 0 Å². The highest BCUT2D eigenvalue weighted by atomic mass is 16.2. The van der Waals surface area contributed by atoms with Gasteiger partial charge in [0.25, 0.3) is 0 Å². The fourth-order valence-corrected chi connectivity index (χ4v) is 1.84. The normalized spacial score (nSPS) is 26.9. The van der Waals surface area contributed by atoms with Gasteiger partial charge in [-0.2, -0.15) is 0 Å². The number of carbonyl (C=O) groups is 1. The first-order valence-corrected chi connectivity index (χ1v) is 5.26. The van der Waals surface area contributed by atoms with Crippen LogP contribution in [-0.4, -0.2) is 50.6 Å². The lowest BCUT2D eigenvalue weighted by molar-refractivity contribution is -0.122. The fourth-order valence-electron chi connectivity index (χ4n) is 1.84. The van der Waals surface area contributed by atoms with Gasteiger partial charge in [0.15, 0.2) is 0 Å². The van der Waals surface area contributed by atoms with Crippen LogP contribution < -0.4 is 10.6 Å². The van der Waals surface area contributed by atoms with Gasteiger partial charge in [0, 0.05) is 13.1 Å². The van der Waals surface area contributed by atoms with E-state index in [1.807, 2.05) is 0 Å². The zero-order valence-corrected chi connectivity index (χ0v) is 9.34. The summed E-state index contributed by atoms with van der Waals surface area (Å²) >= 11 is 0. The molecule has 0 aromatic carbocycles. The minimum absolute atomic E-state index is 0.0344. The molecule has 0 spiro atoms. The number of hydrogen-bond acceptors (Lipinski definition) is 3. The van der Waals surface area contributed by atoms with Crippen LogP contribution >= 0.6 is 0 Å². The molecule has 1 aliphatic heterocycles. The summed E-state index contributed by atoms with van der Waals surface area (Å²) in [6, 6.07) is 0.548. The van der Waals surface area contributed by atoms with Crippen LogP contribution in [0, 0.1) is 0 Å². The second-order valence-corrected chi connectivity index (χ2v) is 4.20. The first kappa shape index (κ1) is 11.5. The van der Waals surface area contributed by atoms with Crippen molar-refractivity contribution in [2.45, 2.75) is 31.3 Å². The van der Waals surface area contributed by atoms with Gasteiger partial charge < -0.3 is 15.5 Å². The largest absolute Gasteiger partial charge is 0.358 e. The third-order valence-electron chi connectivity index (χ3n) is 2.73. The van der Waals surface area contributed by atoms with Crippen molar-refractivity contribution < 1.29 is 4.79 Å². The molecule has 1 aliphatic rings. The van der Waals surface area contributed by atoms with Gasteiger partial charge in [-0.1, -0.05) is 0 Å². The molecule has 0 aromatic heterocycles. The van der Waals surface area contributed by atoms with Crippen molar-refractivity contribution in [2.24, 2.45) is 0 Å². The topological polar surface area (TPSA) is 44.4 Å². The lowest BCUT2D eigenvalue weighted by atomic mass is 10.1. The van der Waals surface area contributed by atoms with Gasteiger partial charge in [-0.25, -0.2) is 0 Å². The molecule has 1 saturated heterocycles. The lowest BCUT2D eigenvalue weighted by Crippen LogP contribution is -2.41. The first-order valence-electron chi connectivity index (χ1n) is 5.26. The third-order valence-corrected chi connectivity index (χ3v) is 2.73. The van der Waals surface area contributed by atoms with Crippen molar-refractivity contribution in [1.29, 1.82) is 0 Å². The van der Waals surface area contributed by atoms with Crippen LogP contribution in [0.15, 0.2) is 0 Å². The SMILES string of the molecule is CNC(=O)C1CCC(CCN(C)C)N1. The van der Waals surface area contributed by atoms with E-state index in [9.17, 15) is 4.79 Å². The molecule has 2 N–H and O–H groups in total. The molecule has 0 aliphatic carbocycles. The number of amides is 1. The minimum Gasteiger partial charge on any atom is -0.358 e. The Kier molecular flexibility index (Phi) is 4.35. The summed E-state index contributed by atoms with van der Waals surface area (Å²) in [6.07, 6.45) is 3.21. The number of likely N-dealkylation sites (N-methyl/N-ethyl adjacent to an activating group) is 1. The van der Waals surface area contributed by atoms with E-state index in [2.05, 4.69) is 29.6 Å². The molecule has 4 heteroatoms. The van der Waals surface area contributed by atoms with Crippen molar-refractivity contribution in [1.82, 2.24) is 15.5 Å². The predicted octanol–water partition coefficient (Wildman–Crippen LogP) is -0.195. The van der Waals surface area contributed by atoms with E-state index >= 15 is 0 Å². The highest BCUT2D eigenvalue weighted by Gasteiger charge is 2.27. The Morgan fingerprint density at radius 1 is 1.50 bits per heavy atom. The van der Waals surface area contributed by atoms with Crippen LogP contribution in [0.3, 0.4) is 0 Å². The van der Waals surface area contributed by atoms with E-state index < -0.39 is 0 Å². The molecule has 1 heterocycles. The maximum atomic E-state index is 11.3. The number of hydrogen-bond donors (Lipinski definition) is 2. The quantitative estimate of drug-likeness (QED) is 0.659. The third kappa shape index (κ3) is 3.27. The lowest BCUT2D eigenvalue weighted by Gasteiger charge is -2.15. The molecule has 0 bridgehead atoms. The smallest absolute Gasteiger partial charge is 0.236 e. The molecule has 2 atom stereocenters. The Bertz CT molecular complexity index is 194. The molecular weight excluding hydrogens is 178 g/mol. The summed E-state index contributed by atoms with van der Waals surface area (Å²) in [5.41, 5.74) is 0. The van der Waals surface area contributed by atoms with Gasteiger partial charge in [-0.05, 0) is 39.9 Å². The van der Waals surface area contributed by atoms with Crippen LogP contribution in [-0.2, 0) is 4.79 Å². The molecule has 0 saturated carbocycles. The van der Waals surface area contributed by atoms with Gasteiger partial charge in [0.1, 0.15) is 0 Å². The molecule has 1 rings (SSSR count). The van der Waals surface area contributed by atoms with Gasteiger partial charge >= 0.3 is 0 Å². The zero-order valence-electron chi connectivity index (χ0n) is 9.34. The summed E-state index contributed by atoms with van der Waals surface area (Å²) in [4.78, 5) is 13.5. The van der Waals surface area contributed by atoms with Crippen LogP contribution in [0.2, 0.25) is 0 Å². The zero-order chi connectivity index (χ0) is 10.6. The Hall–Kier alpha value is -0.610. The second kappa shape index (κ2) is 5.32. The molecule has 1 amide bonds. The number of nitrogens with one attached hydrogen (secondary N) is 2. The van der Waals surface area contributed by atoms with E-state index in [0.717, 1.165) is 25.8 Å². The standard InChI is InChI=1S/C10H21N3O/c1-11-10(14)9-5-4-8(12-9)6-7-13(2)3/h8-9,12H,4-7H2,1-3H3,(H,11,14). The summed E-state index contributed by atoms with van der Waals surface area (Å²) < 4.78 is 0. The molecule has 14 heavy (non-hydrogen) atoms. The minimum atomic E-state index is 0.0344. The molecular formula is C10H21N3O. The molecule has 82 valence electrons. The van der Waals surface area contributed by atoms with Gasteiger partial charge in [0.05, 0.1) is 6.04 Å². The Labute approximate surface area is 86.0 Å². The average molecular weight is 199 g/mol. The highest BCUT2D eigenvalue weighted by Crippen LogP contribution is 2.15. The molecule has 2 unspecified atom stereocenters. The summed E-state index contributed by atoms with van der Waals surface area (Å²) in [5, 5.41) is 6.04. The Morgan fingerprint density at radius 3 is 2.79 bits per heavy atom. The summed E-state index contributed by atoms with van der Waals surface area (Å²) in [6.45, 7) is 1.08. The first-order chi connectivity index (χ1) is 6.63. The van der Waals surface area contributed by atoms with Crippen LogP contribution in [0.25, 0.3) is 0 Å². The maximum absolute atomic E-state index is 11.3. The van der Waals surface area contributed by atoms with Gasteiger partial charge in [-0.15, -0.1) is 0 Å². The summed E-state index contributed by atoms with van der Waals surface area (Å²) in [7, 11) is 5.84. The molecule has 1 fully saturated rings.